The molecule has 0 unspecified atom stereocenters. The summed E-state index contributed by atoms with van der Waals surface area (Å²) in [4.78, 5) is 14.8. The molecule has 0 spiro atoms. The van der Waals surface area contributed by atoms with Crippen LogP contribution in [0.4, 0.5) is 10.1 Å². The highest BCUT2D eigenvalue weighted by Crippen LogP contribution is 2.24. The van der Waals surface area contributed by atoms with Gasteiger partial charge in [0.25, 0.3) is 5.91 Å². The van der Waals surface area contributed by atoms with E-state index < -0.39 is 0 Å². The molecule has 1 fully saturated rings. The van der Waals surface area contributed by atoms with Crippen molar-refractivity contribution < 1.29 is 9.18 Å². The van der Waals surface area contributed by atoms with E-state index in [9.17, 15) is 9.18 Å². The average molecular weight is 320 g/mol. The number of carbonyl (C=O) groups excluding carboxylic acids is 1. The summed E-state index contributed by atoms with van der Waals surface area (Å²) >= 11 is 1.09. The van der Waals surface area contributed by atoms with Gasteiger partial charge in [-0.25, -0.2) is 4.39 Å². The molecular formula is C15H17FN4OS. The van der Waals surface area contributed by atoms with Crippen molar-refractivity contribution >= 4 is 23.1 Å². The fourth-order valence-corrected chi connectivity index (χ4v) is 3.23. The minimum absolute atomic E-state index is 0.0767. The Morgan fingerprint density at radius 3 is 3.09 bits per heavy atom. The van der Waals surface area contributed by atoms with Crippen molar-refractivity contribution in [1.29, 1.82) is 0 Å². The zero-order valence-corrected chi connectivity index (χ0v) is 13.1. The van der Waals surface area contributed by atoms with Crippen molar-refractivity contribution in [3.05, 3.63) is 40.7 Å². The van der Waals surface area contributed by atoms with Gasteiger partial charge in [0.2, 0.25) is 0 Å². The average Bonchev–Trinajstić information content (AvgIpc) is 3.02. The third-order valence-corrected chi connectivity index (χ3v) is 4.50. The van der Waals surface area contributed by atoms with Gasteiger partial charge < -0.3 is 10.2 Å². The van der Waals surface area contributed by atoms with E-state index in [0.717, 1.165) is 48.7 Å². The second-order valence-electron chi connectivity index (χ2n) is 5.47. The zero-order valence-electron chi connectivity index (χ0n) is 12.3. The topological polar surface area (TPSA) is 58.1 Å². The Kier molecular flexibility index (Phi) is 4.33. The van der Waals surface area contributed by atoms with Crippen molar-refractivity contribution in [1.82, 2.24) is 14.9 Å². The smallest absolute Gasteiger partial charge is 0.264 e. The maximum Gasteiger partial charge on any atom is 0.264 e. The lowest BCUT2D eigenvalue weighted by molar-refractivity contribution is 0.0937. The molecule has 1 saturated heterocycles. The van der Waals surface area contributed by atoms with E-state index in [1.54, 1.807) is 6.07 Å². The molecule has 7 heteroatoms. The number of amides is 1. The first kappa shape index (κ1) is 14.9. The van der Waals surface area contributed by atoms with Gasteiger partial charge in [0.05, 0.1) is 6.20 Å². The number of piperidine rings is 1. The van der Waals surface area contributed by atoms with Gasteiger partial charge in [0, 0.05) is 24.8 Å². The molecule has 5 nitrogen and oxygen atoms in total. The maximum atomic E-state index is 13.2. The third-order valence-electron chi connectivity index (χ3n) is 3.84. The molecule has 3 rings (SSSR count). The van der Waals surface area contributed by atoms with Crippen LogP contribution in [0, 0.1) is 12.7 Å². The quantitative estimate of drug-likeness (QED) is 0.943. The SMILES string of the molecule is Cc1cc(F)ccc1N1CCC[C@H](NC(=O)c2cnns2)C1. The first-order valence-corrected chi connectivity index (χ1v) is 8.00. The van der Waals surface area contributed by atoms with E-state index in [0.29, 0.717) is 4.88 Å². The summed E-state index contributed by atoms with van der Waals surface area (Å²) in [5.41, 5.74) is 1.94. The number of benzene rings is 1. The van der Waals surface area contributed by atoms with Crippen LogP contribution in [0.5, 0.6) is 0 Å². The van der Waals surface area contributed by atoms with Crippen molar-refractivity contribution in [3.8, 4) is 0 Å². The molecule has 1 amide bonds. The Morgan fingerprint density at radius 1 is 1.50 bits per heavy atom. The van der Waals surface area contributed by atoms with Crippen LogP contribution in [0.1, 0.15) is 28.1 Å². The number of anilines is 1. The first-order valence-electron chi connectivity index (χ1n) is 7.23. The predicted octanol–water partition coefficient (Wildman–Crippen LogP) is 2.38. The van der Waals surface area contributed by atoms with Gasteiger partial charge in [-0.3, -0.25) is 4.79 Å². The van der Waals surface area contributed by atoms with Crippen LogP contribution in [0.25, 0.3) is 0 Å². The maximum absolute atomic E-state index is 13.2. The van der Waals surface area contributed by atoms with E-state index in [-0.39, 0.29) is 17.8 Å². The van der Waals surface area contributed by atoms with Crippen LogP contribution >= 0.6 is 11.5 Å². The minimum atomic E-state index is -0.221. The van der Waals surface area contributed by atoms with Gasteiger partial charge in [-0.2, -0.15) is 0 Å². The zero-order chi connectivity index (χ0) is 15.5. The molecule has 1 atom stereocenters. The molecule has 1 aliphatic rings. The van der Waals surface area contributed by atoms with Crippen LogP contribution in [-0.2, 0) is 0 Å². The largest absolute Gasteiger partial charge is 0.369 e. The number of halogens is 1. The fourth-order valence-electron chi connectivity index (χ4n) is 2.81. The van der Waals surface area contributed by atoms with Gasteiger partial charge in [0.1, 0.15) is 10.7 Å². The van der Waals surface area contributed by atoms with Crippen LogP contribution < -0.4 is 10.2 Å². The van der Waals surface area contributed by atoms with Crippen LogP contribution in [-0.4, -0.2) is 34.6 Å². The molecule has 1 aromatic heterocycles. The molecule has 0 aliphatic carbocycles. The van der Waals surface area contributed by atoms with Gasteiger partial charge in [-0.05, 0) is 55.1 Å². The second-order valence-corrected chi connectivity index (χ2v) is 6.26. The summed E-state index contributed by atoms with van der Waals surface area (Å²) in [6.45, 7) is 3.55. The number of nitrogens with zero attached hydrogens (tertiary/aromatic N) is 3. The van der Waals surface area contributed by atoms with Crippen molar-refractivity contribution in [2.45, 2.75) is 25.8 Å². The lowest BCUT2D eigenvalue weighted by Crippen LogP contribution is -2.47. The highest BCUT2D eigenvalue weighted by atomic mass is 32.1. The normalized spacial score (nSPS) is 18.3. The van der Waals surface area contributed by atoms with Gasteiger partial charge >= 0.3 is 0 Å². The van der Waals surface area contributed by atoms with E-state index in [2.05, 4.69) is 19.8 Å². The van der Waals surface area contributed by atoms with E-state index in [4.69, 9.17) is 0 Å². The Hall–Kier alpha value is -2.02. The molecule has 0 saturated carbocycles. The number of rotatable bonds is 3. The number of hydrogen-bond acceptors (Lipinski definition) is 5. The molecule has 2 heterocycles. The second kappa shape index (κ2) is 6.39. The Bertz CT molecular complexity index is 662. The monoisotopic (exact) mass is 320 g/mol. The summed E-state index contributed by atoms with van der Waals surface area (Å²) in [5.74, 6) is -0.349. The summed E-state index contributed by atoms with van der Waals surface area (Å²) < 4.78 is 16.9. The van der Waals surface area contributed by atoms with Gasteiger partial charge in [-0.15, -0.1) is 5.10 Å². The first-order chi connectivity index (χ1) is 10.6. The number of aryl methyl sites for hydroxylation is 1. The third kappa shape index (κ3) is 3.24. The minimum Gasteiger partial charge on any atom is -0.369 e. The van der Waals surface area contributed by atoms with Crippen molar-refractivity contribution in [3.63, 3.8) is 0 Å². The number of aromatic nitrogens is 2. The van der Waals surface area contributed by atoms with Crippen LogP contribution in [0.15, 0.2) is 24.4 Å². The molecule has 0 radical (unpaired) electrons. The number of nitrogens with one attached hydrogen (secondary N) is 1. The standard InChI is InChI=1S/C15H17FN4OS/c1-10-7-11(16)4-5-13(10)20-6-2-3-12(9-20)18-15(21)14-8-17-19-22-14/h4-5,7-8,12H,2-3,6,9H2,1H3,(H,18,21)/t12-/m0/s1. The number of carbonyl (C=O) groups is 1. The Labute approximate surface area is 132 Å². The summed E-state index contributed by atoms with van der Waals surface area (Å²) in [6.07, 6.45) is 3.40. The molecule has 1 N–H and O–H groups in total. The molecule has 2 aromatic rings. The van der Waals surface area contributed by atoms with E-state index >= 15 is 0 Å². The van der Waals surface area contributed by atoms with Gasteiger partial charge in [-0.1, -0.05) is 4.49 Å². The molecule has 116 valence electrons. The highest BCUT2D eigenvalue weighted by Gasteiger charge is 2.23. The predicted molar refractivity (Wildman–Crippen MR) is 83.7 cm³/mol. The van der Waals surface area contributed by atoms with E-state index in [1.165, 1.54) is 12.3 Å². The Balaban J connectivity index is 1.67. The lowest BCUT2D eigenvalue weighted by Gasteiger charge is -2.35. The molecule has 22 heavy (non-hydrogen) atoms. The molecule has 0 bridgehead atoms. The molecule has 1 aliphatic heterocycles. The van der Waals surface area contributed by atoms with E-state index in [1.807, 2.05) is 13.0 Å². The summed E-state index contributed by atoms with van der Waals surface area (Å²) in [5, 5.41) is 6.71. The van der Waals surface area contributed by atoms with Crippen molar-refractivity contribution in [2.75, 3.05) is 18.0 Å². The lowest BCUT2D eigenvalue weighted by atomic mass is 10.0. The van der Waals surface area contributed by atoms with Crippen LogP contribution in [0.3, 0.4) is 0 Å². The van der Waals surface area contributed by atoms with Crippen molar-refractivity contribution in [2.24, 2.45) is 0 Å². The fraction of sp³-hybridized carbons (Fsp3) is 0.400. The molecule has 1 aromatic carbocycles. The summed E-state index contributed by atoms with van der Waals surface area (Å²) in [7, 11) is 0. The van der Waals surface area contributed by atoms with Gasteiger partial charge in [0.15, 0.2) is 0 Å². The molecular weight excluding hydrogens is 303 g/mol. The Morgan fingerprint density at radius 2 is 2.36 bits per heavy atom. The van der Waals surface area contributed by atoms with Crippen LogP contribution in [0.2, 0.25) is 0 Å². The summed E-state index contributed by atoms with van der Waals surface area (Å²) in [6, 6.07) is 4.91. The number of hydrogen-bond donors (Lipinski definition) is 1. The highest BCUT2D eigenvalue weighted by molar-refractivity contribution is 7.07.